The molecule has 0 saturated heterocycles. The number of carbonyl (C=O) groups is 2. The van der Waals surface area contributed by atoms with Crippen LogP contribution in [0.15, 0.2) is 54.6 Å². The zero-order valence-corrected chi connectivity index (χ0v) is 14.7. The van der Waals surface area contributed by atoms with Gasteiger partial charge in [-0.05, 0) is 35.3 Å². The van der Waals surface area contributed by atoms with Crippen LogP contribution in [0.1, 0.15) is 40.8 Å². The summed E-state index contributed by atoms with van der Waals surface area (Å²) < 4.78 is 0. The molecule has 25 heavy (non-hydrogen) atoms. The lowest BCUT2D eigenvalue weighted by Crippen LogP contribution is -2.33. The highest BCUT2D eigenvalue weighted by Crippen LogP contribution is 2.37. The Bertz CT molecular complexity index is 748. The SMILES string of the molecule is O=C(O)CCC(NC(=O)C1SCCc2ccccc21)c1ccccc1. The van der Waals surface area contributed by atoms with Crippen LogP contribution in [-0.4, -0.2) is 22.7 Å². The average molecular weight is 355 g/mol. The number of amides is 1. The van der Waals surface area contributed by atoms with Crippen LogP contribution in [0, 0.1) is 0 Å². The third-order valence-electron chi connectivity index (χ3n) is 4.40. The van der Waals surface area contributed by atoms with Gasteiger partial charge in [-0.1, -0.05) is 54.6 Å². The summed E-state index contributed by atoms with van der Waals surface area (Å²) in [5, 5.41) is 11.8. The first-order valence-electron chi connectivity index (χ1n) is 8.41. The van der Waals surface area contributed by atoms with E-state index in [1.165, 1.54) is 5.56 Å². The number of aliphatic carboxylic acids is 1. The van der Waals surface area contributed by atoms with Gasteiger partial charge in [-0.2, -0.15) is 0 Å². The molecular formula is C20H21NO3S. The molecule has 1 aliphatic rings. The molecule has 0 saturated carbocycles. The van der Waals surface area contributed by atoms with Gasteiger partial charge in [-0.15, -0.1) is 11.8 Å². The van der Waals surface area contributed by atoms with Crippen molar-refractivity contribution in [3.63, 3.8) is 0 Å². The van der Waals surface area contributed by atoms with E-state index in [0.717, 1.165) is 23.3 Å². The molecule has 0 spiro atoms. The first kappa shape index (κ1) is 17.5. The zero-order valence-electron chi connectivity index (χ0n) is 13.9. The minimum Gasteiger partial charge on any atom is -0.481 e. The van der Waals surface area contributed by atoms with E-state index in [4.69, 9.17) is 5.11 Å². The quantitative estimate of drug-likeness (QED) is 0.828. The van der Waals surface area contributed by atoms with Gasteiger partial charge in [0.2, 0.25) is 5.91 Å². The van der Waals surface area contributed by atoms with Gasteiger partial charge >= 0.3 is 5.97 Å². The second-order valence-electron chi connectivity index (χ2n) is 6.10. The molecule has 5 heteroatoms. The number of fused-ring (bicyclic) bond motifs is 1. The second kappa shape index (κ2) is 8.21. The van der Waals surface area contributed by atoms with Gasteiger partial charge in [-0.25, -0.2) is 0 Å². The van der Waals surface area contributed by atoms with Crippen LogP contribution in [0.2, 0.25) is 0 Å². The Hall–Kier alpha value is -2.27. The molecule has 0 aromatic heterocycles. The Labute approximate surface area is 151 Å². The number of hydrogen-bond acceptors (Lipinski definition) is 3. The lowest BCUT2D eigenvalue weighted by atomic mass is 9.99. The minimum atomic E-state index is -0.854. The highest BCUT2D eigenvalue weighted by molar-refractivity contribution is 8.00. The number of carboxylic acid groups (broad SMARTS) is 1. The molecule has 1 amide bonds. The molecule has 3 rings (SSSR count). The van der Waals surface area contributed by atoms with Crippen molar-refractivity contribution < 1.29 is 14.7 Å². The van der Waals surface area contributed by atoms with Gasteiger partial charge in [0.05, 0.1) is 6.04 Å². The fourth-order valence-electron chi connectivity index (χ4n) is 3.13. The summed E-state index contributed by atoms with van der Waals surface area (Å²) in [6.45, 7) is 0. The molecule has 0 radical (unpaired) electrons. The third-order valence-corrected chi connectivity index (χ3v) is 5.64. The number of aryl methyl sites for hydroxylation is 1. The molecule has 2 atom stereocenters. The maximum Gasteiger partial charge on any atom is 0.303 e. The Kier molecular flexibility index (Phi) is 5.76. The number of carboxylic acids is 1. The van der Waals surface area contributed by atoms with E-state index in [2.05, 4.69) is 11.4 Å². The van der Waals surface area contributed by atoms with E-state index < -0.39 is 5.97 Å². The Morgan fingerprint density at radius 2 is 1.84 bits per heavy atom. The van der Waals surface area contributed by atoms with Gasteiger partial charge in [-0.3, -0.25) is 9.59 Å². The van der Waals surface area contributed by atoms with E-state index in [9.17, 15) is 9.59 Å². The first-order valence-corrected chi connectivity index (χ1v) is 9.46. The van der Waals surface area contributed by atoms with Crippen LogP contribution in [0.3, 0.4) is 0 Å². The van der Waals surface area contributed by atoms with Gasteiger partial charge in [0.25, 0.3) is 0 Å². The van der Waals surface area contributed by atoms with Crippen molar-refractivity contribution in [1.82, 2.24) is 5.32 Å². The Balaban J connectivity index is 1.77. The Morgan fingerprint density at radius 1 is 1.12 bits per heavy atom. The van der Waals surface area contributed by atoms with Crippen molar-refractivity contribution in [3.05, 3.63) is 71.3 Å². The molecular weight excluding hydrogens is 334 g/mol. The molecule has 0 aliphatic carbocycles. The van der Waals surface area contributed by atoms with Crippen LogP contribution in [0.4, 0.5) is 0 Å². The highest BCUT2D eigenvalue weighted by Gasteiger charge is 2.28. The van der Waals surface area contributed by atoms with E-state index in [1.807, 2.05) is 48.5 Å². The summed E-state index contributed by atoms with van der Waals surface area (Å²) in [5.41, 5.74) is 3.23. The lowest BCUT2D eigenvalue weighted by Gasteiger charge is -2.27. The molecule has 1 aliphatic heterocycles. The van der Waals surface area contributed by atoms with Crippen LogP contribution < -0.4 is 5.32 Å². The van der Waals surface area contributed by atoms with Crippen molar-refractivity contribution in [1.29, 1.82) is 0 Å². The van der Waals surface area contributed by atoms with Crippen molar-refractivity contribution in [2.45, 2.75) is 30.6 Å². The van der Waals surface area contributed by atoms with E-state index in [-0.39, 0.29) is 23.6 Å². The highest BCUT2D eigenvalue weighted by atomic mass is 32.2. The number of rotatable bonds is 6. The largest absolute Gasteiger partial charge is 0.481 e. The van der Waals surface area contributed by atoms with Gasteiger partial charge in [0.1, 0.15) is 5.25 Å². The molecule has 2 aromatic carbocycles. The number of nitrogens with one attached hydrogen (secondary N) is 1. The molecule has 130 valence electrons. The summed E-state index contributed by atoms with van der Waals surface area (Å²) >= 11 is 1.65. The van der Waals surface area contributed by atoms with E-state index in [0.29, 0.717) is 6.42 Å². The molecule has 0 fully saturated rings. The molecule has 2 N–H and O–H groups in total. The molecule has 0 bridgehead atoms. The van der Waals surface area contributed by atoms with Crippen LogP contribution >= 0.6 is 11.8 Å². The average Bonchev–Trinajstić information content (AvgIpc) is 2.65. The predicted octanol–water partition coefficient (Wildman–Crippen LogP) is 3.74. The van der Waals surface area contributed by atoms with Crippen molar-refractivity contribution in [2.75, 3.05) is 5.75 Å². The summed E-state index contributed by atoms with van der Waals surface area (Å²) in [5.74, 6) is 0.0178. The zero-order chi connectivity index (χ0) is 17.6. The summed E-state index contributed by atoms with van der Waals surface area (Å²) in [6.07, 6.45) is 1.38. The van der Waals surface area contributed by atoms with Gasteiger partial charge < -0.3 is 10.4 Å². The smallest absolute Gasteiger partial charge is 0.303 e. The maximum atomic E-state index is 12.9. The van der Waals surface area contributed by atoms with Crippen LogP contribution in [-0.2, 0) is 16.0 Å². The summed E-state index contributed by atoms with van der Waals surface area (Å²) in [4.78, 5) is 23.9. The number of carbonyl (C=O) groups excluding carboxylic acids is 1. The maximum absolute atomic E-state index is 12.9. The predicted molar refractivity (Wildman–Crippen MR) is 99.5 cm³/mol. The molecule has 2 aromatic rings. The molecule has 1 heterocycles. The third kappa shape index (κ3) is 4.42. The number of hydrogen-bond donors (Lipinski definition) is 2. The van der Waals surface area contributed by atoms with Gasteiger partial charge in [0, 0.05) is 6.42 Å². The number of thioether (sulfide) groups is 1. The first-order chi connectivity index (χ1) is 12.1. The number of benzene rings is 2. The van der Waals surface area contributed by atoms with Gasteiger partial charge in [0.15, 0.2) is 0 Å². The summed E-state index contributed by atoms with van der Waals surface area (Å²) in [6, 6.07) is 17.3. The minimum absolute atomic E-state index is 0.0221. The molecule has 4 nitrogen and oxygen atoms in total. The fraction of sp³-hybridized carbons (Fsp3) is 0.300. The normalized spacial score (nSPS) is 17.4. The second-order valence-corrected chi connectivity index (χ2v) is 7.32. The summed E-state index contributed by atoms with van der Waals surface area (Å²) in [7, 11) is 0. The lowest BCUT2D eigenvalue weighted by molar-refractivity contribution is -0.137. The topological polar surface area (TPSA) is 66.4 Å². The standard InChI is InChI=1S/C20H21NO3S/c22-18(23)11-10-17(15-7-2-1-3-8-15)21-20(24)19-16-9-5-4-6-14(16)12-13-25-19/h1-9,17,19H,10-13H2,(H,21,24)(H,22,23). The fourth-order valence-corrected chi connectivity index (χ4v) is 4.34. The van der Waals surface area contributed by atoms with E-state index >= 15 is 0 Å². The van der Waals surface area contributed by atoms with Crippen molar-refractivity contribution >= 4 is 23.6 Å². The van der Waals surface area contributed by atoms with Crippen molar-refractivity contribution in [3.8, 4) is 0 Å². The monoisotopic (exact) mass is 355 g/mol. The van der Waals surface area contributed by atoms with Crippen LogP contribution in [0.5, 0.6) is 0 Å². The van der Waals surface area contributed by atoms with Crippen molar-refractivity contribution in [2.24, 2.45) is 0 Å². The van der Waals surface area contributed by atoms with E-state index in [1.54, 1.807) is 11.8 Å². The molecule has 2 unspecified atom stereocenters. The Morgan fingerprint density at radius 3 is 2.60 bits per heavy atom. The van der Waals surface area contributed by atoms with Crippen LogP contribution in [0.25, 0.3) is 0 Å².